The number of benzene rings is 3. The van der Waals surface area contributed by atoms with Crippen molar-refractivity contribution in [1.29, 1.82) is 10.5 Å². The summed E-state index contributed by atoms with van der Waals surface area (Å²) in [5.41, 5.74) is 4.20. The molecule has 3 nitrogen and oxygen atoms in total. The Morgan fingerprint density at radius 1 is 0.739 bits per heavy atom. The first-order valence-electron chi connectivity index (χ1n) is 7.26. The Bertz CT molecular complexity index is 1140. The summed E-state index contributed by atoms with van der Waals surface area (Å²) in [7, 11) is 0. The van der Waals surface area contributed by atoms with Crippen LogP contribution in [0.2, 0.25) is 0 Å². The second kappa shape index (κ2) is 5.02. The van der Waals surface area contributed by atoms with Gasteiger partial charge < -0.3 is 4.57 Å². The number of nitrogens with zero attached hydrogens (tertiary/aromatic N) is 3. The van der Waals surface area contributed by atoms with Crippen LogP contribution in [0.4, 0.5) is 0 Å². The number of hydrogen-bond donors (Lipinski definition) is 0. The van der Waals surface area contributed by atoms with E-state index < -0.39 is 0 Å². The normalized spacial score (nSPS) is 10.5. The summed E-state index contributed by atoms with van der Waals surface area (Å²) in [6.07, 6.45) is 0. The molecule has 106 valence electrons. The highest BCUT2D eigenvalue weighted by Gasteiger charge is 2.14. The zero-order valence-corrected chi connectivity index (χ0v) is 12.2. The van der Waals surface area contributed by atoms with Crippen molar-refractivity contribution in [3.8, 4) is 17.8 Å². The average molecular weight is 293 g/mol. The third-order valence-electron chi connectivity index (χ3n) is 4.05. The monoisotopic (exact) mass is 293 g/mol. The van der Waals surface area contributed by atoms with Crippen molar-refractivity contribution in [2.75, 3.05) is 0 Å². The van der Waals surface area contributed by atoms with E-state index in [1.54, 1.807) is 6.07 Å². The third kappa shape index (κ3) is 1.88. The van der Waals surface area contributed by atoms with Gasteiger partial charge in [0.15, 0.2) is 0 Å². The molecular weight excluding hydrogens is 282 g/mol. The van der Waals surface area contributed by atoms with Crippen molar-refractivity contribution in [2.24, 2.45) is 0 Å². The van der Waals surface area contributed by atoms with Gasteiger partial charge in [-0.25, -0.2) is 0 Å². The van der Waals surface area contributed by atoms with Crippen molar-refractivity contribution in [1.82, 2.24) is 4.57 Å². The molecule has 0 spiro atoms. The number of aromatic nitrogens is 1. The molecule has 4 rings (SSSR count). The van der Waals surface area contributed by atoms with Gasteiger partial charge in [0.05, 0.1) is 34.3 Å². The molecule has 1 heterocycles. The van der Waals surface area contributed by atoms with Gasteiger partial charge in [-0.15, -0.1) is 0 Å². The quantitative estimate of drug-likeness (QED) is 0.518. The molecule has 0 aliphatic rings. The second-order valence-corrected chi connectivity index (χ2v) is 5.33. The molecule has 0 amide bonds. The van der Waals surface area contributed by atoms with Crippen LogP contribution in [0.25, 0.3) is 27.5 Å². The number of nitriles is 2. The summed E-state index contributed by atoms with van der Waals surface area (Å²) in [6, 6.07) is 25.7. The highest BCUT2D eigenvalue weighted by molar-refractivity contribution is 6.11. The van der Waals surface area contributed by atoms with E-state index in [0.29, 0.717) is 11.1 Å². The molecule has 4 aromatic rings. The third-order valence-corrected chi connectivity index (χ3v) is 4.05. The van der Waals surface area contributed by atoms with Crippen molar-refractivity contribution in [3.05, 3.63) is 77.9 Å². The predicted octanol–water partition coefficient (Wildman–Crippen LogP) is 4.53. The maximum Gasteiger partial charge on any atom is 0.0998 e. The zero-order chi connectivity index (χ0) is 15.8. The molecule has 0 bridgehead atoms. The highest BCUT2D eigenvalue weighted by atomic mass is 15.0. The summed E-state index contributed by atoms with van der Waals surface area (Å²) < 4.78 is 2.10. The van der Waals surface area contributed by atoms with Gasteiger partial charge in [-0.05, 0) is 36.4 Å². The SMILES string of the molecule is N#Cc1cccc(-n2c3ccccc3c3c(C#N)cccc32)c1. The lowest BCUT2D eigenvalue weighted by Gasteiger charge is -2.08. The van der Waals surface area contributed by atoms with Gasteiger partial charge >= 0.3 is 0 Å². The van der Waals surface area contributed by atoms with Crippen molar-refractivity contribution < 1.29 is 0 Å². The van der Waals surface area contributed by atoms with Crippen LogP contribution in [0.15, 0.2) is 66.7 Å². The van der Waals surface area contributed by atoms with Gasteiger partial charge in [-0.1, -0.05) is 30.3 Å². The maximum atomic E-state index is 9.45. The Morgan fingerprint density at radius 3 is 2.35 bits per heavy atom. The second-order valence-electron chi connectivity index (χ2n) is 5.33. The fourth-order valence-electron chi connectivity index (χ4n) is 3.11. The van der Waals surface area contributed by atoms with Gasteiger partial charge in [-0.2, -0.15) is 10.5 Å². The molecule has 1 aromatic heterocycles. The highest BCUT2D eigenvalue weighted by Crippen LogP contribution is 2.33. The van der Waals surface area contributed by atoms with Crippen LogP contribution in [0.3, 0.4) is 0 Å². The van der Waals surface area contributed by atoms with Crippen LogP contribution in [-0.4, -0.2) is 4.57 Å². The van der Waals surface area contributed by atoms with Crippen molar-refractivity contribution in [3.63, 3.8) is 0 Å². The molecule has 0 aliphatic carbocycles. The molecule has 0 aliphatic heterocycles. The molecule has 0 atom stereocenters. The minimum absolute atomic E-state index is 0.616. The first-order chi connectivity index (χ1) is 11.3. The lowest BCUT2D eigenvalue weighted by Crippen LogP contribution is -1.94. The van der Waals surface area contributed by atoms with Crippen LogP contribution >= 0.6 is 0 Å². The Balaban J connectivity index is 2.22. The predicted molar refractivity (Wildman–Crippen MR) is 90.2 cm³/mol. The maximum absolute atomic E-state index is 9.45. The largest absolute Gasteiger partial charge is 0.309 e. The first kappa shape index (κ1) is 13.1. The van der Waals surface area contributed by atoms with Crippen molar-refractivity contribution in [2.45, 2.75) is 0 Å². The standard InChI is InChI=1S/C20H11N3/c21-12-14-5-3-7-16(11-14)23-18-9-2-1-8-17(18)20-15(13-22)6-4-10-19(20)23/h1-11H. The van der Waals surface area contributed by atoms with Gasteiger partial charge in [-0.3, -0.25) is 0 Å². The van der Waals surface area contributed by atoms with Crippen molar-refractivity contribution >= 4 is 21.8 Å². The number of hydrogen-bond acceptors (Lipinski definition) is 2. The molecule has 23 heavy (non-hydrogen) atoms. The van der Waals surface area contributed by atoms with Crippen LogP contribution in [0.1, 0.15) is 11.1 Å². The summed E-state index contributed by atoms with van der Waals surface area (Å²) in [4.78, 5) is 0. The molecule has 3 heteroatoms. The van der Waals surface area contributed by atoms with E-state index in [2.05, 4.69) is 16.7 Å². The summed E-state index contributed by atoms with van der Waals surface area (Å²) >= 11 is 0. The molecule has 0 unspecified atom stereocenters. The van der Waals surface area contributed by atoms with E-state index >= 15 is 0 Å². The zero-order valence-electron chi connectivity index (χ0n) is 12.2. The molecule has 0 radical (unpaired) electrons. The van der Waals surface area contributed by atoms with Gasteiger partial charge in [0.1, 0.15) is 0 Å². The molecule has 0 saturated carbocycles. The van der Waals surface area contributed by atoms with E-state index in [1.165, 1.54) is 0 Å². The van der Waals surface area contributed by atoms with Gasteiger partial charge in [0, 0.05) is 16.5 Å². The van der Waals surface area contributed by atoms with E-state index in [-0.39, 0.29) is 0 Å². The average Bonchev–Trinajstić information content (AvgIpc) is 2.96. The van der Waals surface area contributed by atoms with Crippen LogP contribution in [-0.2, 0) is 0 Å². The minimum atomic E-state index is 0.616. The number of fused-ring (bicyclic) bond motifs is 3. The van der Waals surface area contributed by atoms with Crippen LogP contribution < -0.4 is 0 Å². The molecule has 3 aromatic carbocycles. The molecular formula is C20H11N3. The summed E-state index contributed by atoms with van der Waals surface area (Å²) in [5, 5.41) is 20.6. The minimum Gasteiger partial charge on any atom is -0.309 e. The smallest absolute Gasteiger partial charge is 0.0998 e. The summed E-state index contributed by atoms with van der Waals surface area (Å²) in [6.45, 7) is 0. The summed E-state index contributed by atoms with van der Waals surface area (Å²) in [5.74, 6) is 0. The topological polar surface area (TPSA) is 52.5 Å². The first-order valence-corrected chi connectivity index (χ1v) is 7.26. The van der Waals surface area contributed by atoms with Crippen LogP contribution in [0, 0.1) is 22.7 Å². The lowest BCUT2D eigenvalue weighted by molar-refractivity contribution is 1.18. The number of para-hydroxylation sites is 1. The Morgan fingerprint density at radius 2 is 1.52 bits per heavy atom. The Kier molecular flexibility index (Phi) is 2.86. The van der Waals surface area contributed by atoms with E-state index in [4.69, 9.17) is 5.26 Å². The molecule has 0 fully saturated rings. The van der Waals surface area contributed by atoms with E-state index in [0.717, 1.165) is 27.5 Å². The fourth-order valence-corrected chi connectivity index (χ4v) is 3.11. The molecule has 0 saturated heterocycles. The Labute approximate surface area is 133 Å². The van der Waals surface area contributed by atoms with Gasteiger partial charge in [0.2, 0.25) is 0 Å². The lowest BCUT2D eigenvalue weighted by atomic mass is 10.1. The molecule has 0 N–H and O–H groups in total. The van der Waals surface area contributed by atoms with Crippen LogP contribution in [0.5, 0.6) is 0 Å². The van der Waals surface area contributed by atoms with Gasteiger partial charge in [0.25, 0.3) is 0 Å². The fraction of sp³-hybridized carbons (Fsp3) is 0. The van der Waals surface area contributed by atoms with E-state index in [9.17, 15) is 5.26 Å². The Hall–Kier alpha value is -3.56. The van der Waals surface area contributed by atoms with E-state index in [1.807, 2.05) is 60.7 Å². The number of rotatable bonds is 1.